The zero-order valence-electron chi connectivity index (χ0n) is 36.7. The largest absolute Gasteiger partial charge is 2.00 e. The van der Waals surface area contributed by atoms with Crippen molar-refractivity contribution in [2.45, 2.75) is 104 Å². The maximum atomic E-state index is 5.91. The number of hydrogen-bond acceptors (Lipinski definition) is 4. The van der Waals surface area contributed by atoms with Crippen LogP contribution in [0.15, 0.2) is 54.6 Å². The van der Waals surface area contributed by atoms with Crippen molar-refractivity contribution in [2.75, 3.05) is 79.0 Å². The van der Waals surface area contributed by atoms with Gasteiger partial charge in [0.25, 0.3) is 0 Å². The fourth-order valence-electron chi connectivity index (χ4n) is 9.41. The van der Waals surface area contributed by atoms with Crippen molar-refractivity contribution in [1.82, 2.24) is 0 Å². The van der Waals surface area contributed by atoms with Crippen LogP contribution in [0, 0.1) is 23.2 Å². The molecular weight excluding hydrogens is 854 g/mol. The Kier molecular flexibility index (Phi) is 24.6. The molecule has 11 heteroatoms. The van der Waals surface area contributed by atoms with Crippen LogP contribution in [0.3, 0.4) is 0 Å². The minimum Gasteiger partial charge on any atom is -0.672 e. The number of quaternary nitrogens is 1. The fraction of sp³-hybridized carbons (Fsp3) is 0.711. The molecule has 0 spiro atoms. The van der Waals surface area contributed by atoms with E-state index in [-0.39, 0.29) is 54.3 Å². The Morgan fingerprint density at radius 2 is 1.05 bits per heavy atom. The van der Waals surface area contributed by atoms with Crippen LogP contribution in [0.5, 0.6) is 0 Å². The SMILES string of the molecule is CC(C)c1cccc(C(C)C)c1[N-]C(=[NH+]CC[NH+]1CCOCCOCCOCCOCC1)C12CC3CC(CC(C3)C1)C2.C[SiH](C)[N-][SiH](C)C.[Ba+2].c1ccccc1. The number of nitrogens with one attached hydrogen (secondary N) is 2. The number of para-hydroxylation sites is 1. The van der Waals surface area contributed by atoms with Gasteiger partial charge in [0.1, 0.15) is 18.9 Å². The van der Waals surface area contributed by atoms with Gasteiger partial charge in [-0.1, -0.05) is 126 Å². The van der Waals surface area contributed by atoms with Gasteiger partial charge in [-0.3, -0.25) is 0 Å². The van der Waals surface area contributed by atoms with Gasteiger partial charge < -0.3 is 33.5 Å². The van der Waals surface area contributed by atoms with E-state index in [1.807, 2.05) is 36.4 Å². The molecule has 4 bridgehead atoms. The summed E-state index contributed by atoms with van der Waals surface area (Å²) >= 11 is 0. The third-order valence-electron chi connectivity index (χ3n) is 11.5. The third kappa shape index (κ3) is 17.7. The molecule has 2 aromatic carbocycles. The first-order valence-electron chi connectivity index (χ1n) is 21.9. The molecule has 4 saturated carbocycles. The van der Waals surface area contributed by atoms with Gasteiger partial charge >= 0.3 is 48.9 Å². The summed E-state index contributed by atoms with van der Waals surface area (Å²) in [5.41, 5.74) is 4.20. The average molecular weight is 933 g/mol. The summed E-state index contributed by atoms with van der Waals surface area (Å²) < 4.78 is 27.6. The van der Waals surface area contributed by atoms with Crippen molar-refractivity contribution >= 4 is 78.3 Å². The second-order valence-corrected chi connectivity index (χ2v) is 23.2. The molecule has 5 fully saturated rings. The molecule has 4 aliphatic carbocycles. The van der Waals surface area contributed by atoms with Gasteiger partial charge in [0.05, 0.1) is 71.6 Å². The van der Waals surface area contributed by atoms with Crippen molar-refractivity contribution in [1.29, 1.82) is 0 Å². The normalized spacial score (nSPS) is 25.1. The number of benzene rings is 2. The molecule has 1 saturated heterocycles. The molecule has 2 N–H and O–H groups in total. The van der Waals surface area contributed by atoms with Gasteiger partial charge in [0, 0.05) is 5.41 Å². The summed E-state index contributed by atoms with van der Waals surface area (Å²) in [6.07, 6.45) is 8.28. The van der Waals surface area contributed by atoms with Crippen LogP contribution in [0.25, 0.3) is 9.96 Å². The van der Waals surface area contributed by atoms with Crippen LogP contribution in [-0.2, 0) is 18.9 Å². The second kappa shape index (κ2) is 27.5. The molecule has 310 valence electrons. The third-order valence-corrected chi connectivity index (χ3v) is 16.2. The van der Waals surface area contributed by atoms with Crippen LogP contribution in [0.4, 0.5) is 5.69 Å². The smallest absolute Gasteiger partial charge is 0.672 e. The van der Waals surface area contributed by atoms with Crippen molar-refractivity contribution in [3.8, 4) is 0 Å². The Labute approximate surface area is 385 Å². The van der Waals surface area contributed by atoms with Crippen LogP contribution < -0.4 is 9.89 Å². The van der Waals surface area contributed by atoms with Gasteiger partial charge in [-0.2, -0.15) is 0 Å². The van der Waals surface area contributed by atoms with Crippen LogP contribution >= 0.6 is 0 Å². The molecule has 0 amide bonds. The topological polar surface area (TPSA) is 83.5 Å². The van der Waals surface area contributed by atoms with Gasteiger partial charge in [-0.25, -0.2) is 5.32 Å². The Morgan fingerprint density at radius 3 is 1.41 bits per heavy atom. The van der Waals surface area contributed by atoms with E-state index in [0.29, 0.717) is 51.5 Å². The molecular formula is C45H78BaN4O4Si2+2. The van der Waals surface area contributed by atoms with Gasteiger partial charge in [0.15, 0.2) is 0 Å². The van der Waals surface area contributed by atoms with Crippen molar-refractivity contribution in [3.05, 3.63) is 75.7 Å². The quantitative estimate of drug-likeness (QED) is 0.178. The molecule has 8 nitrogen and oxygen atoms in total. The van der Waals surface area contributed by atoms with E-state index in [0.717, 1.165) is 57.1 Å². The van der Waals surface area contributed by atoms with Crippen LogP contribution in [-0.4, -0.2) is 152 Å². The Morgan fingerprint density at radius 1 is 0.661 bits per heavy atom. The number of rotatable bonds is 9. The van der Waals surface area contributed by atoms with Crippen molar-refractivity contribution in [2.24, 2.45) is 23.2 Å². The van der Waals surface area contributed by atoms with E-state index >= 15 is 0 Å². The minimum atomic E-state index is -0.542. The second-order valence-electron chi connectivity index (χ2n) is 17.6. The van der Waals surface area contributed by atoms with E-state index in [1.54, 1.807) is 0 Å². The number of hydrogen-bond donors (Lipinski definition) is 2. The first kappa shape index (κ1) is 50.0. The van der Waals surface area contributed by atoms with E-state index in [4.69, 9.17) is 24.3 Å². The van der Waals surface area contributed by atoms with E-state index in [2.05, 4.69) is 81.7 Å². The minimum absolute atomic E-state index is 0. The maximum Gasteiger partial charge on any atom is 2.00 e. The zero-order chi connectivity index (χ0) is 39.5. The van der Waals surface area contributed by atoms with Gasteiger partial charge in [-0.15, -0.1) is 0 Å². The van der Waals surface area contributed by atoms with Crippen molar-refractivity contribution < 1.29 is 28.8 Å². The first-order chi connectivity index (χ1) is 26.6. The Bertz CT molecular complexity index is 1260. The predicted octanol–water partition coefficient (Wildman–Crippen LogP) is 6.23. The molecule has 0 radical (unpaired) electrons. The molecule has 0 atom stereocenters. The van der Waals surface area contributed by atoms with Crippen LogP contribution in [0.1, 0.15) is 89.2 Å². The number of ether oxygens (including phenoxy) is 4. The van der Waals surface area contributed by atoms with E-state index < -0.39 is 17.9 Å². The maximum absolute atomic E-state index is 5.91. The fourth-order valence-corrected chi connectivity index (χ4v) is 14.2. The summed E-state index contributed by atoms with van der Waals surface area (Å²) in [6, 6.07) is 18.8. The van der Waals surface area contributed by atoms with Gasteiger partial charge in [0.2, 0.25) is 0 Å². The van der Waals surface area contributed by atoms with Crippen molar-refractivity contribution in [3.63, 3.8) is 0 Å². The molecule has 0 aromatic heterocycles. The van der Waals surface area contributed by atoms with E-state index in [1.165, 1.54) is 66.1 Å². The first-order valence-corrected chi connectivity index (χ1v) is 27.5. The molecule has 0 unspecified atom stereocenters. The zero-order valence-corrected chi connectivity index (χ0v) is 43.5. The molecule has 2 aromatic rings. The molecule has 56 heavy (non-hydrogen) atoms. The average Bonchev–Trinajstić information content (AvgIpc) is 3.15. The van der Waals surface area contributed by atoms with E-state index in [9.17, 15) is 0 Å². The Hall–Kier alpha value is -0.325. The molecule has 5 aliphatic rings. The summed E-state index contributed by atoms with van der Waals surface area (Å²) in [5.74, 6) is 4.83. The molecule has 7 rings (SSSR count). The standard InChI is InChI=1S/C35H56N3O4.C6H6.C4H14NSi2.Ba/c1-26(2)31-6-5-7-32(27(3)4)33(31)37-34(35-23-28-20-29(24-35)22-30(21-28)25-35)36-8-9-38-10-12-39-14-16-41-18-19-42-17-15-40-13-11-38;1-2-4-6-5-3-1;1-6(2)5-7(3)4;/h5-7,26-30H,8-25H2,1-4H3;1-6H;6-7H,1-4H3;/q-1;;-1;+2/p+2. The summed E-state index contributed by atoms with van der Waals surface area (Å²) in [5, 5.41) is 5.70. The summed E-state index contributed by atoms with van der Waals surface area (Å²) in [4.78, 5) is 5.53. The van der Waals surface area contributed by atoms with Crippen LogP contribution in [0.2, 0.25) is 26.2 Å². The van der Waals surface area contributed by atoms with Gasteiger partial charge in [-0.05, 0) is 79.2 Å². The number of nitrogens with zero attached hydrogens (tertiary/aromatic N) is 2. The molecule has 1 heterocycles. The Balaban J connectivity index is 0.000000512. The number of amidine groups is 1. The summed E-state index contributed by atoms with van der Waals surface area (Å²) in [7, 11) is -1.08. The summed E-state index contributed by atoms with van der Waals surface area (Å²) in [6.45, 7) is 27.4. The monoisotopic (exact) mass is 932 g/mol. The molecule has 1 aliphatic heterocycles. The predicted molar refractivity (Wildman–Crippen MR) is 241 cm³/mol.